The topological polar surface area (TPSA) is 102 Å². The molecule has 31 heavy (non-hydrogen) atoms. The van der Waals surface area contributed by atoms with Crippen molar-refractivity contribution in [3.8, 4) is 11.5 Å². The summed E-state index contributed by atoms with van der Waals surface area (Å²) in [6, 6.07) is 12.8. The summed E-state index contributed by atoms with van der Waals surface area (Å²) in [5.41, 5.74) is 0.804. The zero-order chi connectivity index (χ0) is 22.4. The maximum atomic E-state index is 12.5. The normalized spacial score (nSPS) is 12.9. The molecule has 0 unspecified atom stereocenters. The van der Waals surface area contributed by atoms with Gasteiger partial charge in [0.2, 0.25) is 0 Å². The molecule has 1 heterocycles. The van der Waals surface area contributed by atoms with Crippen LogP contribution in [0.1, 0.15) is 10.4 Å². The number of carbonyl (C=O) groups excluding carboxylic acids is 2. The summed E-state index contributed by atoms with van der Waals surface area (Å²) in [5, 5.41) is 8.97. The van der Waals surface area contributed by atoms with Crippen LogP contribution >= 0.6 is 0 Å². The predicted molar refractivity (Wildman–Crippen MR) is 112 cm³/mol. The van der Waals surface area contributed by atoms with Crippen LogP contribution in [0.3, 0.4) is 0 Å². The fourth-order valence-corrected chi connectivity index (χ4v) is 2.84. The standard InChI is InChI=1S/C23H19NO7/c1-29-22(27)19-5-3-4-14-24(20(19)23(28)30-2)16-8-12-18(13-9-16)31-17-10-6-15(7-11-17)21(25)26/h3-14H,1-2H3,(H,25,26). The number of esters is 2. The molecule has 0 bridgehead atoms. The Morgan fingerprint density at radius 2 is 1.39 bits per heavy atom. The smallest absolute Gasteiger partial charge is 0.355 e. The van der Waals surface area contributed by atoms with Gasteiger partial charge in [0.05, 0.1) is 25.4 Å². The Labute approximate surface area is 178 Å². The first kappa shape index (κ1) is 21.4. The molecule has 8 heteroatoms. The van der Waals surface area contributed by atoms with E-state index in [0.717, 1.165) is 0 Å². The van der Waals surface area contributed by atoms with Crippen molar-refractivity contribution in [2.75, 3.05) is 19.1 Å². The summed E-state index contributed by atoms with van der Waals surface area (Å²) in [7, 11) is 2.46. The molecule has 0 radical (unpaired) electrons. The van der Waals surface area contributed by atoms with E-state index in [-0.39, 0.29) is 16.8 Å². The molecule has 0 saturated heterocycles. The van der Waals surface area contributed by atoms with Crippen LogP contribution < -0.4 is 9.64 Å². The number of aromatic carboxylic acids is 1. The molecule has 0 amide bonds. The second-order valence-electron chi connectivity index (χ2n) is 6.24. The number of rotatable bonds is 6. The average molecular weight is 421 g/mol. The highest BCUT2D eigenvalue weighted by Crippen LogP contribution is 2.29. The molecule has 0 saturated carbocycles. The number of anilines is 1. The van der Waals surface area contributed by atoms with Gasteiger partial charge >= 0.3 is 17.9 Å². The van der Waals surface area contributed by atoms with Crippen LogP contribution in [0.2, 0.25) is 0 Å². The van der Waals surface area contributed by atoms with E-state index in [4.69, 9.17) is 19.3 Å². The number of allylic oxidation sites excluding steroid dienone is 2. The van der Waals surface area contributed by atoms with Crippen molar-refractivity contribution in [3.05, 3.63) is 89.8 Å². The Hall–Kier alpha value is -4.33. The van der Waals surface area contributed by atoms with Crippen molar-refractivity contribution in [2.45, 2.75) is 0 Å². The zero-order valence-corrected chi connectivity index (χ0v) is 16.8. The molecular formula is C23H19NO7. The van der Waals surface area contributed by atoms with Crippen LogP contribution in [-0.2, 0) is 19.1 Å². The maximum absolute atomic E-state index is 12.5. The van der Waals surface area contributed by atoms with Crippen molar-refractivity contribution < 1.29 is 33.7 Å². The van der Waals surface area contributed by atoms with E-state index >= 15 is 0 Å². The highest BCUT2D eigenvalue weighted by Gasteiger charge is 2.27. The van der Waals surface area contributed by atoms with Gasteiger partial charge < -0.3 is 24.2 Å². The van der Waals surface area contributed by atoms with Crippen LogP contribution in [0.25, 0.3) is 0 Å². The number of carbonyl (C=O) groups is 3. The lowest BCUT2D eigenvalue weighted by Crippen LogP contribution is -2.26. The van der Waals surface area contributed by atoms with Crippen molar-refractivity contribution in [1.29, 1.82) is 0 Å². The first-order valence-corrected chi connectivity index (χ1v) is 9.11. The fourth-order valence-electron chi connectivity index (χ4n) is 2.84. The summed E-state index contributed by atoms with van der Waals surface area (Å²) < 4.78 is 15.4. The van der Waals surface area contributed by atoms with Crippen LogP contribution in [0.4, 0.5) is 5.69 Å². The van der Waals surface area contributed by atoms with E-state index in [9.17, 15) is 14.4 Å². The average Bonchev–Trinajstić information content (AvgIpc) is 3.02. The van der Waals surface area contributed by atoms with Gasteiger partial charge in [-0.05, 0) is 60.7 Å². The lowest BCUT2D eigenvalue weighted by atomic mass is 10.1. The van der Waals surface area contributed by atoms with Gasteiger partial charge in [-0.2, -0.15) is 0 Å². The Morgan fingerprint density at radius 1 is 0.806 bits per heavy atom. The highest BCUT2D eigenvalue weighted by molar-refractivity contribution is 6.05. The SMILES string of the molecule is COC(=O)C1=C(C(=O)OC)N(c2ccc(Oc3ccc(C(=O)O)cc3)cc2)C=CC=C1. The summed E-state index contributed by atoms with van der Waals surface area (Å²) in [5.74, 6) is -1.41. The van der Waals surface area contributed by atoms with Gasteiger partial charge in [-0.3, -0.25) is 0 Å². The zero-order valence-electron chi connectivity index (χ0n) is 16.8. The molecule has 8 nitrogen and oxygen atoms in total. The van der Waals surface area contributed by atoms with Crippen molar-refractivity contribution in [2.24, 2.45) is 0 Å². The number of hydrogen-bond donors (Lipinski definition) is 1. The quantitative estimate of drug-likeness (QED) is 0.705. The summed E-state index contributed by atoms with van der Waals surface area (Å²) >= 11 is 0. The first-order chi connectivity index (χ1) is 14.9. The van der Waals surface area contributed by atoms with Gasteiger partial charge in [0.15, 0.2) is 0 Å². The van der Waals surface area contributed by atoms with Gasteiger partial charge in [0.25, 0.3) is 0 Å². The maximum Gasteiger partial charge on any atom is 0.355 e. The number of nitrogens with zero attached hydrogens (tertiary/aromatic N) is 1. The Bertz CT molecular complexity index is 1080. The number of benzene rings is 2. The molecule has 0 aliphatic carbocycles. The van der Waals surface area contributed by atoms with Crippen LogP contribution in [-0.4, -0.2) is 37.2 Å². The highest BCUT2D eigenvalue weighted by atomic mass is 16.5. The monoisotopic (exact) mass is 421 g/mol. The van der Waals surface area contributed by atoms with Gasteiger partial charge in [-0.15, -0.1) is 0 Å². The lowest BCUT2D eigenvalue weighted by Gasteiger charge is -2.23. The van der Waals surface area contributed by atoms with E-state index < -0.39 is 17.9 Å². The molecule has 0 aromatic heterocycles. The van der Waals surface area contributed by atoms with Crippen LogP contribution in [0.15, 0.2) is 84.2 Å². The number of hydrogen-bond acceptors (Lipinski definition) is 7. The minimum Gasteiger partial charge on any atom is -0.478 e. The minimum atomic E-state index is -1.02. The second-order valence-corrected chi connectivity index (χ2v) is 6.24. The molecule has 1 aliphatic heterocycles. The molecule has 158 valence electrons. The number of methoxy groups -OCH3 is 2. The first-order valence-electron chi connectivity index (χ1n) is 9.11. The van der Waals surface area contributed by atoms with E-state index in [2.05, 4.69) is 0 Å². The Morgan fingerprint density at radius 3 is 1.94 bits per heavy atom. The molecular weight excluding hydrogens is 402 g/mol. The van der Waals surface area contributed by atoms with Crippen molar-refractivity contribution >= 4 is 23.6 Å². The fraction of sp³-hybridized carbons (Fsp3) is 0.0870. The second kappa shape index (κ2) is 9.45. The largest absolute Gasteiger partial charge is 0.478 e. The van der Waals surface area contributed by atoms with Crippen LogP contribution in [0, 0.1) is 0 Å². The van der Waals surface area contributed by atoms with E-state index in [0.29, 0.717) is 17.2 Å². The Balaban J connectivity index is 1.89. The minimum absolute atomic E-state index is 0.0114. The van der Waals surface area contributed by atoms with Crippen molar-refractivity contribution in [1.82, 2.24) is 0 Å². The molecule has 2 aromatic carbocycles. The molecule has 1 aliphatic rings. The van der Waals surface area contributed by atoms with E-state index in [1.165, 1.54) is 37.3 Å². The number of ether oxygens (including phenoxy) is 3. The van der Waals surface area contributed by atoms with Gasteiger partial charge in [-0.25, -0.2) is 14.4 Å². The van der Waals surface area contributed by atoms with Gasteiger partial charge in [0, 0.05) is 11.9 Å². The van der Waals surface area contributed by atoms with E-state index in [1.807, 2.05) is 0 Å². The Kier molecular flexibility index (Phi) is 6.51. The molecule has 2 aromatic rings. The lowest BCUT2D eigenvalue weighted by molar-refractivity contribution is -0.139. The molecule has 0 fully saturated rings. The van der Waals surface area contributed by atoms with Gasteiger partial charge in [0.1, 0.15) is 17.2 Å². The van der Waals surface area contributed by atoms with Crippen molar-refractivity contribution in [3.63, 3.8) is 0 Å². The third-order valence-electron chi connectivity index (χ3n) is 4.34. The third-order valence-corrected chi connectivity index (χ3v) is 4.34. The molecule has 1 N–H and O–H groups in total. The van der Waals surface area contributed by atoms with E-state index in [1.54, 1.807) is 54.8 Å². The number of carboxylic acids is 1. The van der Waals surface area contributed by atoms with Gasteiger partial charge in [-0.1, -0.05) is 6.08 Å². The van der Waals surface area contributed by atoms with Crippen LogP contribution in [0.5, 0.6) is 11.5 Å². The predicted octanol–water partition coefficient (Wildman–Crippen LogP) is 3.67. The molecule has 0 spiro atoms. The number of carboxylic acid groups (broad SMARTS) is 1. The summed E-state index contributed by atoms with van der Waals surface area (Å²) in [6.07, 6.45) is 6.40. The summed E-state index contributed by atoms with van der Waals surface area (Å²) in [6.45, 7) is 0. The summed E-state index contributed by atoms with van der Waals surface area (Å²) in [4.78, 5) is 37.1. The molecule has 0 atom stereocenters. The third kappa shape index (κ3) is 4.81. The molecule has 3 rings (SSSR count).